The van der Waals surface area contributed by atoms with E-state index < -0.39 is 0 Å². The van der Waals surface area contributed by atoms with Crippen molar-refractivity contribution < 1.29 is 4.52 Å². The van der Waals surface area contributed by atoms with Crippen molar-refractivity contribution in [2.24, 2.45) is 5.92 Å². The van der Waals surface area contributed by atoms with E-state index in [0.29, 0.717) is 5.92 Å². The van der Waals surface area contributed by atoms with Crippen LogP contribution in [0.5, 0.6) is 0 Å². The molecule has 0 spiro atoms. The lowest BCUT2D eigenvalue weighted by Gasteiger charge is -2.20. The fourth-order valence-electron chi connectivity index (χ4n) is 1.99. The van der Waals surface area contributed by atoms with Crippen LogP contribution in [0.15, 0.2) is 4.52 Å². The molecule has 5 heteroatoms. The number of nitrogens with one attached hydrogen (secondary N) is 2. The van der Waals surface area contributed by atoms with Gasteiger partial charge < -0.3 is 15.2 Å². The maximum Gasteiger partial charge on any atom is 0.226 e. The maximum absolute atomic E-state index is 5.27. The van der Waals surface area contributed by atoms with E-state index in [0.717, 1.165) is 31.2 Å². The van der Waals surface area contributed by atoms with Crippen LogP contribution >= 0.6 is 0 Å². The minimum atomic E-state index is 0.158. The molecule has 0 aliphatic carbocycles. The second-order valence-corrected chi connectivity index (χ2v) is 4.45. The van der Waals surface area contributed by atoms with Crippen LogP contribution in [0, 0.1) is 5.92 Å². The van der Waals surface area contributed by atoms with Crippen LogP contribution in [0.2, 0.25) is 0 Å². The highest BCUT2D eigenvalue weighted by atomic mass is 16.5. The van der Waals surface area contributed by atoms with Gasteiger partial charge in [0.25, 0.3) is 0 Å². The van der Waals surface area contributed by atoms with Gasteiger partial charge in [-0.3, -0.25) is 0 Å². The Kier molecular flexibility index (Phi) is 3.90. The summed E-state index contributed by atoms with van der Waals surface area (Å²) in [6.07, 6.45) is 3.34. The van der Waals surface area contributed by atoms with Crippen LogP contribution in [0.25, 0.3) is 0 Å². The van der Waals surface area contributed by atoms with Crippen molar-refractivity contribution in [1.82, 2.24) is 20.8 Å². The summed E-state index contributed by atoms with van der Waals surface area (Å²) in [4.78, 5) is 4.41. The molecule has 5 nitrogen and oxygen atoms in total. The summed E-state index contributed by atoms with van der Waals surface area (Å²) in [5.74, 6) is 2.23. The average molecular weight is 224 g/mol. The fourth-order valence-corrected chi connectivity index (χ4v) is 1.99. The predicted octanol–water partition coefficient (Wildman–Crippen LogP) is 0.892. The smallest absolute Gasteiger partial charge is 0.226 e. The Morgan fingerprint density at radius 1 is 1.50 bits per heavy atom. The zero-order chi connectivity index (χ0) is 11.4. The minimum Gasteiger partial charge on any atom is -0.339 e. The molecule has 16 heavy (non-hydrogen) atoms. The molecule has 1 aromatic heterocycles. The van der Waals surface area contributed by atoms with Crippen molar-refractivity contribution in [1.29, 1.82) is 0 Å². The zero-order valence-corrected chi connectivity index (χ0v) is 9.99. The number of piperidine rings is 1. The lowest BCUT2D eigenvalue weighted by Crippen LogP contribution is -2.28. The molecule has 90 valence electrons. The van der Waals surface area contributed by atoms with Gasteiger partial charge in [0, 0.05) is 6.42 Å². The molecule has 1 aliphatic heterocycles. The summed E-state index contributed by atoms with van der Waals surface area (Å²) in [6.45, 7) is 4.25. The third-order valence-electron chi connectivity index (χ3n) is 3.23. The predicted molar refractivity (Wildman–Crippen MR) is 61.1 cm³/mol. The van der Waals surface area contributed by atoms with Crippen molar-refractivity contribution in [3.05, 3.63) is 11.7 Å². The summed E-state index contributed by atoms with van der Waals surface area (Å²) in [5, 5.41) is 10.4. The largest absolute Gasteiger partial charge is 0.339 e. The SMILES string of the molecule is CNC(C)c1noc(CC2CCNCC2)n1. The van der Waals surface area contributed by atoms with Gasteiger partial charge in [-0.25, -0.2) is 0 Å². The molecule has 1 fully saturated rings. The van der Waals surface area contributed by atoms with Crippen molar-refractivity contribution in [3.63, 3.8) is 0 Å². The fraction of sp³-hybridized carbons (Fsp3) is 0.818. The van der Waals surface area contributed by atoms with Gasteiger partial charge in [0.05, 0.1) is 6.04 Å². The standard InChI is InChI=1S/C11H20N4O/c1-8(12-2)11-14-10(16-15-11)7-9-3-5-13-6-4-9/h8-9,12-13H,3-7H2,1-2H3. The molecule has 1 unspecified atom stereocenters. The van der Waals surface area contributed by atoms with Crippen molar-refractivity contribution in [2.75, 3.05) is 20.1 Å². The Morgan fingerprint density at radius 2 is 2.25 bits per heavy atom. The van der Waals surface area contributed by atoms with Gasteiger partial charge in [0.1, 0.15) is 0 Å². The Hall–Kier alpha value is -0.940. The Labute approximate surface area is 96.0 Å². The molecule has 0 bridgehead atoms. The Bertz CT molecular complexity index is 320. The third-order valence-corrected chi connectivity index (χ3v) is 3.23. The van der Waals surface area contributed by atoms with E-state index in [2.05, 4.69) is 20.8 Å². The van der Waals surface area contributed by atoms with E-state index in [-0.39, 0.29) is 6.04 Å². The second kappa shape index (κ2) is 5.41. The molecular formula is C11H20N4O. The first kappa shape index (κ1) is 11.5. The molecule has 0 radical (unpaired) electrons. The van der Waals surface area contributed by atoms with Crippen LogP contribution in [0.1, 0.15) is 37.5 Å². The molecule has 2 N–H and O–H groups in total. The van der Waals surface area contributed by atoms with Gasteiger partial charge in [-0.05, 0) is 45.8 Å². The van der Waals surface area contributed by atoms with E-state index >= 15 is 0 Å². The summed E-state index contributed by atoms with van der Waals surface area (Å²) in [5.41, 5.74) is 0. The highest BCUT2D eigenvalue weighted by molar-refractivity contribution is 4.93. The van der Waals surface area contributed by atoms with Gasteiger partial charge in [0.15, 0.2) is 5.82 Å². The first-order chi connectivity index (χ1) is 7.79. The molecule has 0 saturated carbocycles. The summed E-state index contributed by atoms with van der Waals surface area (Å²) in [7, 11) is 1.90. The van der Waals surface area contributed by atoms with Gasteiger partial charge in [-0.15, -0.1) is 0 Å². The van der Waals surface area contributed by atoms with Crippen LogP contribution in [0.4, 0.5) is 0 Å². The minimum absolute atomic E-state index is 0.158. The summed E-state index contributed by atoms with van der Waals surface area (Å²) >= 11 is 0. The monoisotopic (exact) mass is 224 g/mol. The molecular weight excluding hydrogens is 204 g/mol. The number of rotatable bonds is 4. The van der Waals surface area contributed by atoms with Gasteiger partial charge in [-0.2, -0.15) is 4.98 Å². The molecule has 2 heterocycles. The van der Waals surface area contributed by atoms with Gasteiger partial charge in [-0.1, -0.05) is 5.16 Å². The molecule has 0 aromatic carbocycles. The zero-order valence-electron chi connectivity index (χ0n) is 9.99. The molecule has 1 atom stereocenters. The quantitative estimate of drug-likeness (QED) is 0.795. The maximum atomic E-state index is 5.27. The summed E-state index contributed by atoms with van der Waals surface area (Å²) < 4.78 is 5.27. The molecule has 1 aliphatic rings. The lowest BCUT2D eigenvalue weighted by atomic mass is 9.95. The van der Waals surface area contributed by atoms with E-state index in [1.54, 1.807) is 0 Å². The number of aromatic nitrogens is 2. The number of hydrogen-bond acceptors (Lipinski definition) is 5. The van der Waals surface area contributed by atoms with Crippen molar-refractivity contribution in [3.8, 4) is 0 Å². The van der Waals surface area contributed by atoms with Crippen LogP contribution < -0.4 is 10.6 Å². The molecule has 2 rings (SSSR count). The highest BCUT2D eigenvalue weighted by Crippen LogP contribution is 2.17. The highest BCUT2D eigenvalue weighted by Gasteiger charge is 2.18. The molecule has 1 aromatic rings. The Balaban J connectivity index is 1.91. The average Bonchev–Trinajstić information content (AvgIpc) is 2.78. The topological polar surface area (TPSA) is 63.0 Å². The van der Waals surface area contributed by atoms with E-state index in [9.17, 15) is 0 Å². The van der Waals surface area contributed by atoms with Crippen molar-refractivity contribution >= 4 is 0 Å². The number of nitrogens with zero attached hydrogens (tertiary/aromatic N) is 2. The first-order valence-electron chi connectivity index (χ1n) is 6.00. The van der Waals surface area contributed by atoms with Crippen molar-refractivity contribution in [2.45, 2.75) is 32.2 Å². The van der Waals surface area contributed by atoms with Crippen LogP contribution in [-0.4, -0.2) is 30.3 Å². The van der Waals surface area contributed by atoms with Crippen LogP contribution in [-0.2, 0) is 6.42 Å². The normalized spacial score (nSPS) is 19.9. The first-order valence-corrected chi connectivity index (χ1v) is 6.00. The van der Waals surface area contributed by atoms with E-state index in [1.807, 2.05) is 14.0 Å². The Morgan fingerprint density at radius 3 is 2.94 bits per heavy atom. The van der Waals surface area contributed by atoms with E-state index in [1.165, 1.54) is 12.8 Å². The number of hydrogen-bond donors (Lipinski definition) is 2. The van der Waals surface area contributed by atoms with Gasteiger partial charge >= 0.3 is 0 Å². The molecule has 0 amide bonds. The lowest BCUT2D eigenvalue weighted by molar-refractivity contribution is 0.311. The van der Waals surface area contributed by atoms with Crippen LogP contribution in [0.3, 0.4) is 0 Å². The van der Waals surface area contributed by atoms with Gasteiger partial charge in [0.2, 0.25) is 5.89 Å². The second-order valence-electron chi connectivity index (χ2n) is 4.45. The summed E-state index contributed by atoms with van der Waals surface area (Å²) in [6, 6.07) is 0.158. The molecule has 1 saturated heterocycles. The third kappa shape index (κ3) is 2.80. The van der Waals surface area contributed by atoms with E-state index in [4.69, 9.17) is 4.52 Å².